The highest BCUT2D eigenvalue weighted by Gasteiger charge is 2.47. The van der Waals surface area contributed by atoms with Crippen LogP contribution in [0.3, 0.4) is 0 Å². The number of amides is 2. The maximum Gasteiger partial charge on any atom is 0.255 e. The van der Waals surface area contributed by atoms with Gasteiger partial charge in [0.2, 0.25) is 0 Å². The minimum atomic E-state index is -0.703. The summed E-state index contributed by atoms with van der Waals surface area (Å²) in [5.41, 5.74) is 0.623. The molecule has 0 saturated carbocycles. The molecule has 2 aliphatic heterocycles. The van der Waals surface area contributed by atoms with E-state index in [9.17, 15) is 9.59 Å². The quantitative estimate of drug-likeness (QED) is 0.666. The van der Waals surface area contributed by atoms with Gasteiger partial charge in [0.1, 0.15) is 17.2 Å². The number of nitrogens with zero attached hydrogens (tertiary/aromatic N) is 3. The Morgan fingerprint density at radius 1 is 1.12 bits per heavy atom. The Morgan fingerprint density at radius 3 is 2.67 bits per heavy atom. The number of carbonyl (C=O) groups is 2. The van der Waals surface area contributed by atoms with Crippen LogP contribution in [0.5, 0.6) is 5.75 Å². The molecule has 1 aromatic heterocycles. The molecular formula is C25H26N4O4. The average Bonchev–Trinajstić information content (AvgIpc) is 3.35. The molecule has 0 aliphatic carbocycles. The van der Waals surface area contributed by atoms with Gasteiger partial charge in [-0.2, -0.15) is 0 Å². The predicted octanol–water partition coefficient (Wildman–Crippen LogP) is 3.06. The number of hydrogen-bond donors (Lipinski definition) is 1. The molecule has 1 fully saturated rings. The number of para-hydroxylation sites is 1. The molecule has 1 atom stereocenters. The van der Waals surface area contributed by atoms with Crippen molar-refractivity contribution < 1.29 is 19.1 Å². The molecule has 2 aromatic carbocycles. The number of hydrogen-bond acceptors (Lipinski definition) is 5. The highest BCUT2D eigenvalue weighted by atomic mass is 16.5. The number of fused-ring (bicyclic) bond motifs is 2. The van der Waals surface area contributed by atoms with Crippen LogP contribution in [0.1, 0.15) is 29.0 Å². The second-order valence-electron chi connectivity index (χ2n) is 8.38. The molecule has 1 N–H and O–H groups in total. The number of imidazole rings is 1. The van der Waals surface area contributed by atoms with Gasteiger partial charge in [-0.3, -0.25) is 9.59 Å². The standard InChI is InChI=1S/C25H26N4O4/c1-32-20-9-5-6-18(16-20)23(31)28-13-10-25(11-14-28)24-26-12-15-29(24)17-21(33-25)22(30)27-19-7-3-2-4-8-19/h2-9,12,15-16,21H,10-11,13-14,17H2,1H3,(H,27,30)/t21-/m1/s1. The van der Waals surface area contributed by atoms with Crippen molar-refractivity contribution in [1.82, 2.24) is 14.5 Å². The minimum Gasteiger partial charge on any atom is -0.497 e. The molecule has 8 nitrogen and oxygen atoms in total. The molecule has 1 saturated heterocycles. The number of nitrogens with one attached hydrogen (secondary N) is 1. The zero-order valence-corrected chi connectivity index (χ0v) is 18.4. The zero-order valence-electron chi connectivity index (χ0n) is 18.4. The number of ether oxygens (including phenoxy) is 2. The van der Waals surface area contributed by atoms with Gasteiger partial charge in [-0.25, -0.2) is 4.98 Å². The summed E-state index contributed by atoms with van der Waals surface area (Å²) >= 11 is 0. The number of piperidine rings is 1. The SMILES string of the molecule is COc1cccc(C(=O)N2CCC3(CC2)O[C@@H](C(=O)Nc2ccccc2)Cn2ccnc23)c1. The van der Waals surface area contributed by atoms with Crippen molar-refractivity contribution in [2.75, 3.05) is 25.5 Å². The Labute approximate surface area is 192 Å². The van der Waals surface area contributed by atoms with Crippen LogP contribution >= 0.6 is 0 Å². The highest BCUT2D eigenvalue weighted by molar-refractivity contribution is 5.95. The number of rotatable bonds is 4. The van der Waals surface area contributed by atoms with Gasteiger partial charge in [-0.1, -0.05) is 24.3 Å². The Hall–Kier alpha value is -3.65. The molecule has 8 heteroatoms. The topological polar surface area (TPSA) is 85.7 Å². The van der Waals surface area contributed by atoms with Crippen LogP contribution in [0, 0.1) is 0 Å². The van der Waals surface area contributed by atoms with E-state index in [1.165, 1.54) is 0 Å². The summed E-state index contributed by atoms with van der Waals surface area (Å²) in [6.45, 7) is 1.42. The normalized spacial score (nSPS) is 19.1. The van der Waals surface area contributed by atoms with Gasteiger partial charge in [0.05, 0.1) is 13.7 Å². The summed E-state index contributed by atoms with van der Waals surface area (Å²) in [6.07, 6.45) is 4.11. The number of methoxy groups -OCH3 is 1. The number of aromatic nitrogens is 2. The maximum absolute atomic E-state index is 13.1. The molecule has 0 radical (unpaired) electrons. The van der Waals surface area contributed by atoms with Gasteiger partial charge in [0.25, 0.3) is 11.8 Å². The van der Waals surface area contributed by atoms with Crippen LogP contribution in [-0.2, 0) is 21.7 Å². The minimum absolute atomic E-state index is 0.0405. The van der Waals surface area contributed by atoms with E-state index in [-0.39, 0.29) is 11.8 Å². The number of benzene rings is 2. The fourth-order valence-corrected chi connectivity index (χ4v) is 4.63. The first-order chi connectivity index (χ1) is 16.1. The van der Waals surface area contributed by atoms with Crippen molar-refractivity contribution in [3.63, 3.8) is 0 Å². The van der Waals surface area contributed by atoms with Gasteiger partial charge in [-0.05, 0) is 30.3 Å². The van der Waals surface area contributed by atoms with Crippen molar-refractivity contribution in [2.45, 2.75) is 31.1 Å². The lowest BCUT2D eigenvalue weighted by Crippen LogP contribution is -2.54. The second kappa shape index (κ2) is 8.71. The first-order valence-electron chi connectivity index (χ1n) is 11.1. The van der Waals surface area contributed by atoms with Crippen LogP contribution in [0.2, 0.25) is 0 Å². The van der Waals surface area contributed by atoms with E-state index < -0.39 is 11.7 Å². The first kappa shape index (κ1) is 21.2. The number of likely N-dealkylation sites (tertiary alicyclic amines) is 1. The largest absolute Gasteiger partial charge is 0.497 e. The van der Waals surface area contributed by atoms with Gasteiger partial charge in [0, 0.05) is 49.6 Å². The van der Waals surface area contributed by atoms with E-state index in [2.05, 4.69) is 10.3 Å². The summed E-state index contributed by atoms with van der Waals surface area (Å²) in [5, 5.41) is 2.94. The van der Waals surface area contributed by atoms with Crippen LogP contribution in [0.25, 0.3) is 0 Å². The second-order valence-corrected chi connectivity index (χ2v) is 8.38. The van der Waals surface area contributed by atoms with Gasteiger partial charge in [-0.15, -0.1) is 0 Å². The van der Waals surface area contributed by atoms with Crippen molar-refractivity contribution >= 4 is 17.5 Å². The van der Waals surface area contributed by atoms with E-state index in [1.807, 2.05) is 58.1 Å². The molecule has 2 amide bonds. The Morgan fingerprint density at radius 2 is 1.91 bits per heavy atom. The maximum atomic E-state index is 13.1. The van der Waals surface area contributed by atoms with Crippen LogP contribution in [-0.4, -0.2) is 52.6 Å². The molecule has 0 bridgehead atoms. The fourth-order valence-electron chi connectivity index (χ4n) is 4.63. The molecular weight excluding hydrogens is 420 g/mol. The monoisotopic (exact) mass is 446 g/mol. The van der Waals surface area contributed by atoms with E-state index >= 15 is 0 Å². The first-order valence-corrected chi connectivity index (χ1v) is 11.1. The number of carbonyl (C=O) groups excluding carboxylic acids is 2. The lowest BCUT2D eigenvalue weighted by molar-refractivity contribution is -0.168. The van der Waals surface area contributed by atoms with Crippen molar-refractivity contribution in [2.24, 2.45) is 0 Å². The summed E-state index contributed by atoms with van der Waals surface area (Å²) in [7, 11) is 1.58. The summed E-state index contributed by atoms with van der Waals surface area (Å²) in [4.78, 5) is 32.4. The van der Waals surface area contributed by atoms with Crippen molar-refractivity contribution in [3.05, 3.63) is 78.4 Å². The average molecular weight is 447 g/mol. The third-order valence-corrected chi connectivity index (χ3v) is 6.36. The van der Waals surface area contributed by atoms with Crippen LogP contribution in [0.4, 0.5) is 5.69 Å². The van der Waals surface area contributed by atoms with E-state index in [1.54, 1.807) is 25.4 Å². The van der Waals surface area contributed by atoms with E-state index in [0.717, 1.165) is 11.5 Å². The van der Waals surface area contributed by atoms with Crippen molar-refractivity contribution in [1.29, 1.82) is 0 Å². The van der Waals surface area contributed by atoms with E-state index in [4.69, 9.17) is 9.47 Å². The van der Waals surface area contributed by atoms with Gasteiger partial charge >= 0.3 is 0 Å². The van der Waals surface area contributed by atoms with Crippen LogP contribution < -0.4 is 10.1 Å². The highest BCUT2D eigenvalue weighted by Crippen LogP contribution is 2.40. The van der Waals surface area contributed by atoms with E-state index in [0.29, 0.717) is 43.8 Å². The Bertz CT molecular complexity index is 1150. The summed E-state index contributed by atoms with van der Waals surface area (Å²) < 4.78 is 13.7. The van der Waals surface area contributed by atoms with Gasteiger partial charge in [0.15, 0.2) is 6.10 Å². The van der Waals surface area contributed by atoms with Crippen molar-refractivity contribution in [3.8, 4) is 5.75 Å². The third kappa shape index (κ3) is 4.09. The fraction of sp³-hybridized carbons (Fsp3) is 0.320. The molecule has 33 heavy (non-hydrogen) atoms. The zero-order chi connectivity index (χ0) is 22.8. The Kier molecular flexibility index (Phi) is 5.60. The van der Waals surface area contributed by atoms with Gasteiger partial charge < -0.3 is 24.3 Å². The lowest BCUT2D eigenvalue weighted by atomic mass is 9.88. The molecule has 2 aliphatic rings. The summed E-state index contributed by atoms with van der Waals surface area (Å²) in [6, 6.07) is 16.5. The smallest absolute Gasteiger partial charge is 0.255 e. The molecule has 3 aromatic rings. The third-order valence-electron chi connectivity index (χ3n) is 6.36. The van der Waals surface area contributed by atoms with Crippen LogP contribution in [0.15, 0.2) is 67.0 Å². The Balaban J connectivity index is 1.32. The molecule has 3 heterocycles. The number of anilines is 1. The molecule has 1 spiro atoms. The summed E-state index contributed by atoms with van der Waals surface area (Å²) in [5.74, 6) is 1.25. The predicted molar refractivity (Wildman–Crippen MR) is 122 cm³/mol. The lowest BCUT2D eigenvalue weighted by Gasteiger charge is -2.45. The molecule has 5 rings (SSSR count). The molecule has 0 unspecified atom stereocenters. The molecule has 170 valence electrons.